The van der Waals surface area contributed by atoms with Gasteiger partial charge in [-0.3, -0.25) is 4.79 Å². The fraction of sp³-hybridized carbons (Fsp3) is 0.611. The van der Waals surface area contributed by atoms with Crippen molar-refractivity contribution in [2.75, 3.05) is 6.54 Å². The van der Waals surface area contributed by atoms with Gasteiger partial charge in [0.1, 0.15) is 0 Å². The van der Waals surface area contributed by atoms with E-state index in [9.17, 15) is 13.6 Å². The number of halogens is 2. The van der Waals surface area contributed by atoms with Gasteiger partial charge in [-0.25, -0.2) is 8.78 Å². The van der Waals surface area contributed by atoms with Crippen LogP contribution in [0.25, 0.3) is 0 Å². The SMILES string of the molecule is CC(C)(NC(=O)CC1(CN)CCCCC1)c1ccc(F)c(F)c1. The van der Waals surface area contributed by atoms with E-state index in [2.05, 4.69) is 5.32 Å². The predicted octanol–water partition coefficient (Wildman–Crippen LogP) is 3.62. The van der Waals surface area contributed by atoms with Gasteiger partial charge in [-0.1, -0.05) is 25.3 Å². The summed E-state index contributed by atoms with van der Waals surface area (Å²) in [6, 6.07) is 3.72. The normalized spacial score (nSPS) is 17.8. The third-order valence-corrected chi connectivity index (χ3v) is 4.98. The van der Waals surface area contributed by atoms with Crippen LogP contribution in [0.4, 0.5) is 8.78 Å². The van der Waals surface area contributed by atoms with Crippen LogP contribution in [0, 0.1) is 17.0 Å². The van der Waals surface area contributed by atoms with Gasteiger partial charge in [-0.05, 0) is 56.3 Å². The zero-order valence-electron chi connectivity index (χ0n) is 13.9. The molecule has 0 radical (unpaired) electrons. The van der Waals surface area contributed by atoms with Gasteiger partial charge in [-0.15, -0.1) is 0 Å². The molecule has 1 aliphatic carbocycles. The van der Waals surface area contributed by atoms with Gasteiger partial charge in [0.15, 0.2) is 11.6 Å². The standard InChI is InChI=1S/C18H26F2N2O/c1-17(2,13-6-7-14(19)15(20)10-13)22-16(23)11-18(12-21)8-4-3-5-9-18/h6-7,10H,3-5,8-9,11-12,21H2,1-2H3,(H,22,23). The highest BCUT2D eigenvalue weighted by Crippen LogP contribution is 2.38. The van der Waals surface area contributed by atoms with Gasteiger partial charge in [0.2, 0.25) is 5.91 Å². The predicted molar refractivity (Wildman–Crippen MR) is 86.7 cm³/mol. The van der Waals surface area contributed by atoms with Crippen LogP contribution in [-0.4, -0.2) is 12.5 Å². The van der Waals surface area contributed by atoms with Gasteiger partial charge in [0, 0.05) is 6.42 Å². The second-order valence-corrected chi connectivity index (χ2v) is 7.24. The average molecular weight is 324 g/mol. The molecule has 1 amide bonds. The number of nitrogens with two attached hydrogens (primary N) is 1. The van der Waals surface area contributed by atoms with E-state index in [4.69, 9.17) is 5.73 Å². The van der Waals surface area contributed by atoms with Crippen LogP contribution in [0.2, 0.25) is 0 Å². The maximum atomic E-state index is 13.4. The molecule has 23 heavy (non-hydrogen) atoms. The molecule has 0 heterocycles. The van der Waals surface area contributed by atoms with E-state index in [0.717, 1.165) is 37.8 Å². The van der Waals surface area contributed by atoms with Gasteiger partial charge < -0.3 is 11.1 Å². The molecular weight excluding hydrogens is 298 g/mol. The van der Waals surface area contributed by atoms with Crippen LogP contribution in [-0.2, 0) is 10.3 Å². The van der Waals surface area contributed by atoms with Crippen molar-refractivity contribution >= 4 is 5.91 Å². The third kappa shape index (κ3) is 4.28. The van der Waals surface area contributed by atoms with E-state index in [1.807, 2.05) is 0 Å². The van der Waals surface area contributed by atoms with Crippen LogP contribution in [0.15, 0.2) is 18.2 Å². The molecule has 1 aliphatic rings. The lowest BCUT2D eigenvalue weighted by atomic mass is 9.71. The van der Waals surface area contributed by atoms with E-state index in [1.54, 1.807) is 13.8 Å². The summed E-state index contributed by atoms with van der Waals surface area (Å²) in [5.74, 6) is -1.89. The second kappa shape index (κ2) is 6.95. The summed E-state index contributed by atoms with van der Waals surface area (Å²) < 4.78 is 26.5. The number of carbonyl (C=O) groups excluding carboxylic acids is 1. The first-order chi connectivity index (χ1) is 10.8. The lowest BCUT2D eigenvalue weighted by molar-refractivity contribution is -0.125. The fourth-order valence-electron chi connectivity index (χ4n) is 3.45. The molecule has 1 saturated carbocycles. The Bertz CT molecular complexity index is 566. The fourth-order valence-corrected chi connectivity index (χ4v) is 3.45. The molecule has 5 heteroatoms. The topological polar surface area (TPSA) is 55.1 Å². The minimum atomic E-state index is -0.907. The summed E-state index contributed by atoms with van der Waals surface area (Å²) in [6.45, 7) is 4.08. The van der Waals surface area contributed by atoms with Crippen LogP contribution in [0.1, 0.15) is 57.9 Å². The van der Waals surface area contributed by atoms with E-state index < -0.39 is 17.2 Å². The summed E-state index contributed by atoms with van der Waals surface area (Å²) in [7, 11) is 0. The second-order valence-electron chi connectivity index (χ2n) is 7.24. The minimum Gasteiger partial charge on any atom is -0.347 e. The number of nitrogens with one attached hydrogen (secondary N) is 1. The van der Waals surface area contributed by atoms with Crippen molar-refractivity contribution in [1.29, 1.82) is 0 Å². The molecule has 1 aromatic carbocycles. The van der Waals surface area contributed by atoms with E-state index >= 15 is 0 Å². The van der Waals surface area contributed by atoms with Gasteiger partial charge in [0.25, 0.3) is 0 Å². The molecule has 0 saturated heterocycles. The molecular formula is C18H26F2N2O. The summed E-state index contributed by atoms with van der Waals surface area (Å²) in [5, 5.41) is 2.94. The Labute approximate surface area is 136 Å². The Hall–Kier alpha value is -1.49. The maximum Gasteiger partial charge on any atom is 0.221 e. The Morgan fingerprint density at radius 1 is 1.22 bits per heavy atom. The van der Waals surface area contributed by atoms with Crippen molar-refractivity contribution in [1.82, 2.24) is 5.32 Å². The maximum absolute atomic E-state index is 13.4. The first kappa shape index (κ1) is 17.9. The van der Waals surface area contributed by atoms with Crippen molar-refractivity contribution in [2.45, 2.75) is 57.9 Å². The Morgan fingerprint density at radius 3 is 2.43 bits per heavy atom. The third-order valence-electron chi connectivity index (χ3n) is 4.98. The van der Waals surface area contributed by atoms with Crippen molar-refractivity contribution < 1.29 is 13.6 Å². The highest BCUT2D eigenvalue weighted by Gasteiger charge is 2.34. The highest BCUT2D eigenvalue weighted by atomic mass is 19.2. The van der Waals surface area contributed by atoms with Crippen molar-refractivity contribution in [3.05, 3.63) is 35.4 Å². The molecule has 0 atom stereocenters. The highest BCUT2D eigenvalue weighted by molar-refractivity contribution is 5.77. The molecule has 3 N–H and O–H groups in total. The zero-order chi connectivity index (χ0) is 17.1. The number of carbonyl (C=O) groups is 1. The van der Waals surface area contributed by atoms with Gasteiger partial charge >= 0.3 is 0 Å². The molecule has 2 rings (SSSR count). The van der Waals surface area contributed by atoms with Crippen LogP contribution >= 0.6 is 0 Å². The number of hydrogen-bond donors (Lipinski definition) is 2. The van der Waals surface area contributed by atoms with Gasteiger partial charge in [0.05, 0.1) is 5.54 Å². The first-order valence-corrected chi connectivity index (χ1v) is 8.25. The largest absolute Gasteiger partial charge is 0.347 e. The number of benzene rings is 1. The average Bonchev–Trinajstić information content (AvgIpc) is 2.50. The molecule has 128 valence electrons. The number of rotatable bonds is 5. The molecule has 1 aromatic rings. The lowest BCUT2D eigenvalue weighted by Gasteiger charge is -2.37. The molecule has 0 spiro atoms. The van der Waals surface area contributed by atoms with Crippen LogP contribution < -0.4 is 11.1 Å². The monoisotopic (exact) mass is 324 g/mol. The minimum absolute atomic E-state index is 0.0907. The molecule has 0 bridgehead atoms. The molecule has 1 fully saturated rings. The van der Waals surface area contributed by atoms with Crippen LogP contribution in [0.3, 0.4) is 0 Å². The van der Waals surface area contributed by atoms with Crippen molar-refractivity contribution in [2.24, 2.45) is 11.1 Å². The van der Waals surface area contributed by atoms with Crippen LogP contribution in [0.5, 0.6) is 0 Å². The quantitative estimate of drug-likeness (QED) is 0.869. The summed E-state index contributed by atoms with van der Waals surface area (Å²) in [6.07, 6.45) is 5.75. The molecule has 0 aliphatic heterocycles. The molecule has 3 nitrogen and oxygen atoms in total. The summed E-state index contributed by atoms with van der Waals surface area (Å²) >= 11 is 0. The Balaban J connectivity index is 2.06. The van der Waals surface area contributed by atoms with Crippen molar-refractivity contribution in [3.63, 3.8) is 0 Å². The lowest BCUT2D eigenvalue weighted by Crippen LogP contribution is -2.45. The zero-order valence-corrected chi connectivity index (χ0v) is 13.9. The van der Waals surface area contributed by atoms with Gasteiger partial charge in [-0.2, -0.15) is 0 Å². The number of hydrogen-bond acceptors (Lipinski definition) is 2. The Morgan fingerprint density at radius 2 is 1.87 bits per heavy atom. The first-order valence-electron chi connectivity index (χ1n) is 8.25. The van der Waals surface area contributed by atoms with E-state index in [1.165, 1.54) is 12.5 Å². The molecule has 0 unspecified atom stereocenters. The number of amides is 1. The van der Waals surface area contributed by atoms with E-state index in [-0.39, 0.29) is 11.3 Å². The smallest absolute Gasteiger partial charge is 0.221 e. The molecule has 0 aromatic heterocycles. The van der Waals surface area contributed by atoms with E-state index in [0.29, 0.717) is 18.5 Å². The summed E-state index contributed by atoms with van der Waals surface area (Å²) in [4.78, 5) is 12.5. The Kier molecular flexibility index (Phi) is 5.40. The van der Waals surface area contributed by atoms with Crippen molar-refractivity contribution in [3.8, 4) is 0 Å². The summed E-state index contributed by atoms with van der Waals surface area (Å²) in [5.41, 5.74) is 5.58.